The van der Waals surface area contributed by atoms with Gasteiger partial charge in [0.1, 0.15) is 5.60 Å². The van der Waals surface area contributed by atoms with E-state index in [-0.39, 0.29) is 17.5 Å². The molecule has 2 aliphatic heterocycles. The van der Waals surface area contributed by atoms with Gasteiger partial charge in [0.05, 0.1) is 25.4 Å². The summed E-state index contributed by atoms with van der Waals surface area (Å²) in [7, 11) is 0. The molecule has 0 bridgehead atoms. The van der Waals surface area contributed by atoms with Gasteiger partial charge >= 0.3 is 0 Å². The topological polar surface area (TPSA) is 35.5 Å². The summed E-state index contributed by atoms with van der Waals surface area (Å²) >= 11 is 0. The molecule has 0 radical (unpaired) electrons. The van der Waals surface area contributed by atoms with Gasteiger partial charge in [-0.25, -0.2) is 0 Å². The predicted molar refractivity (Wildman–Crippen MR) is 47.2 cm³/mol. The number of rotatable bonds is 0. The first-order valence-electron chi connectivity index (χ1n) is 4.69. The zero-order valence-corrected chi connectivity index (χ0v) is 7.79. The first kappa shape index (κ1) is 8.75. The van der Waals surface area contributed by atoms with Crippen molar-refractivity contribution in [2.75, 3.05) is 6.61 Å². The lowest BCUT2D eigenvalue weighted by atomic mass is 9.85. The molecule has 0 saturated carbocycles. The molecule has 3 heteroatoms. The lowest BCUT2D eigenvalue weighted by Crippen LogP contribution is -2.44. The average Bonchev–Trinajstić information content (AvgIpc) is 2.02. The molecule has 2 unspecified atom stereocenters. The van der Waals surface area contributed by atoms with Gasteiger partial charge in [-0.05, 0) is 6.92 Å². The number of carbonyl (C=O) groups is 1. The average molecular weight is 182 g/mol. The van der Waals surface area contributed by atoms with Crippen molar-refractivity contribution in [1.29, 1.82) is 0 Å². The number of hydrogen-bond acceptors (Lipinski definition) is 3. The van der Waals surface area contributed by atoms with Crippen LogP contribution in [0, 0.1) is 0 Å². The molecule has 0 amide bonds. The molecule has 2 atom stereocenters. The largest absolute Gasteiger partial charge is 0.494 e. The quantitative estimate of drug-likeness (QED) is 0.568. The maximum Gasteiger partial charge on any atom is 0.162 e. The van der Waals surface area contributed by atoms with Crippen molar-refractivity contribution in [3.63, 3.8) is 0 Å². The van der Waals surface area contributed by atoms with Crippen molar-refractivity contribution in [2.24, 2.45) is 0 Å². The summed E-state index contributed by atoms with van der Waals surface area (Å²) in [5.74, 6) is 0.167. The Bertz CT molecular complexity index is 247. The highest BCUT2D eigenvalue weighted by Crippen LogP contribution is 2.34. The maximum atomic E-state index is 11.2. The van der Waals surface area contributed by atoms with E-state index in [1.807, 2.05) is 6.92 Å². The molecule has 1 saturated heterocycles. The Morgan fingerprint density at radius 3 is 3.15 bits per heavy atom. The summed E-state index contributed by atoms with van der Waals surface area (Å²) in [6.07, 6.45) is 5.40. The third-order valence-electron chi connectivity index (χ3n) is 2.69. The van der Waals surface area contributed by atoms with Gasteiger partial charge in [0, 0.05) is 18.9 Å². The molecule has 72 valence electrons. The molecule has 0 aromatic carbocycles. The van der Waals surface area contributed by atoms with Gasteiger partial charge in [-0.15, -0.1) is 0 Å². The summed E-state index contributed by atoms with van der Waals surface area (Å²) in [5.41, 5.74) is -0.260. The molecule has 1 spiro atoms. The summed E-state index contributed by atoms with van der Waals surface area (Å²) in [6.45, 7) is 2.72. The second-order valence-electron chi connectivity index (χ2n) is 3.88. The van der Waals surface area contributed by atoms with Gasteiger partial charge in [0.2, 0.25) is 0 Å². The molecule has 0 aromatic heterocycles. The molecule has 13 heavy (non-hydrogen) atoms. The van der Waals surface area contributed by atoms with Crippen LogP contribution in [-0.4, -0.2) is 24.1 Å². The number of ether oxygens (including phenoxy) is 2. The standard InChI is InChI=1S/C10H14O3/c1-8-6-10(3-5-12-8)7-9(11)2-4-13-10/h2,4,8H,3,5-7H2,1H3. The van der Waals surface area contributed by atoms with Crippen molar-refractivity contribution in [2.45, 2.75) is 37.9 Å². The zero-order chi connectivity index (χ0) is 9.31. The molecule has 1 fully saturated rings. The van der Waals surface area contributed by atoms with E-state index >= 15 is 0 Å². The third-order valence-corrected chi connectivity index (χ3v) is 2.69. The van der Waals surface area contributed by atoms with Crippen LogP contribution in [0.3, 0.4) is 0 Å². The number of ketones is 1. The van der Waals surface area contributed by atoms with Crippen molar-refractivity contribution >= 4 is 5.78 Å². The second-order valence-corrected chi connectivity index (χ2v) is 3.88. The van der Waals surface area contributed by atoms with Gasteiger partial charge in [0.15, 0.2) is 5.78 Å². The van der Waals surface area contributed by atoms with E-state index in [1.165, 1.54) is 12.3 Å². The van der Waals surface area contributed by atoms with Gasteiger partial charge in [-0.2, -0.15) is 0 Å². The molecule has 2 heterocycles. The molecular formula is C10H14O3. The molecule has 2 rings (SSSR count). The monoisotopic (exact) mass is 182 g/mol. The lowest BCUT2D eigenvalue weighted by molar-refractivity contribution is -0.136. The first-order valence-corrected chi connectivity index (χ1v) is 4.69. The van der Waals surface area contributed by atoms with Crippen LogP contribution >= 0.6 is 0 Å². The van der Waals surface area contributed by atoms with Crippen LogP contribution in [0.4, 0.5) is 0 Å². The van der Waals surface area contributed by atoms with Crippen molar-refractivity contribution < 1.29 is 14.3 Å². The van der Waals surface area contributed by atoms with Gasteiger partial charge in [-0.1, -0.05) is 0 Å². The van der Waals surface area contributed by atoms with Crippen LogP contribution < -0.4 is 0 Å². The fourth-order valence-electron chi connectivity index (χ4n) is 2.07. The molecule has 0 aromatic rings. The summed E-state index contributed by atoms with van der Waals surface area (Å²) < 4.78 is 11.0. The molecule has 0 N–H and O–H groups in total. The molecule has 0 aliphatic carbocycles. The van der Waals surface area contributed by atoms with Crippen LogP contribution in [0.2, 0.25) is 0 Å². The second kappa shape index (κ2) is 3.14. The summed E-state index contributed by atoms with van der Waals surface area (Å²) in [5, 5.41) is 0. The van der Waals surface area contributed by atoms with E-state index < -0.39 is 0 Å². The van der Waals surface area contributed by atoms with Crippen LogP contribution in [-0.2, 0) is 14.3 Å². The Balaban J connectivity index is 2.11. The number of allylic oxidation sites excluding steroid dienone is 1. The summed E-state index contributed by atoms with van der Waals surface area (Å²) in [6, 6.07) is 0. The minimum Gasteiger partial charge on any atom is -0.494 e. The van der Waals surface area contributed by atoms with Crippen molar-refractivity contribution in [1.82, 2.24) is 0 Å². The molecular weight excluding hydrogens is 168 g/mol. The van der Waals surface area contributed by atoms with E-state index in [2.05, 4.69) is 0 Å². The predicted octanol–water partition coefficient (Wildman–Crippen LogP) is 1.43. The Morgan fingerprint density at radius 2 is 2.46 bits per heavy atom. The Morgan fingerprint density at radius 1 is 1.62 bits per heavy atom. The summed E-state index contributed by atoms with van der Waals surface area (Å²) in [4.78, 5) is 11.2. The van der Waals surface area contributed by atoms with E-state index in [0.29, 0.717) is 13.0 Å². The maximum absolute atomic E-state index is 11.2. The number of carbonyl (C=O) groups excluding carboxylic acids is 1. The minimum atomic E-state index is -0.260. The van der Waals surface area contributed by atoms with Gasteiger partial charge in [-0.3, -0.25) is 4.79 Å². The van der Waals surface area contributed by atoms with Crippen LogP contribution in [0.25, 0.3) is 0 Å². The fourth-order valence-corrected chi connectivity index (χ4v) is 2.07. The highest BCUT2D eigenvalue weighted by Gasteiger charge is 2.39. The van der Waals surface area contributed by atoms with Crippen molar-refractivity contribution in [3.8, 4) is 0 Å². The molecule has 2 aliphatic rings. The Kier molecular flexibility index (Phi) is 2.12. The van der Waals surface area contributed by atoms with Crippen molar-refractivity contribution in [3.05, 3.63) is 12.3 Å². The smallest absolute Gasteiger partial charge is 0.162 e. The zero-order valence-electron chi connectivity index (χ0n) is 7.79. The Labute approximate surface area is 77.7 Å². The highest BCUT2D eigenvalue weighted by molar-refractivity contribution is 5.90. The van der Waals surface area contributed by atoms with E-state index in [9.17, 15) is 4.79 Å². The van der Waals surface area contributed by atoms with E-state index in [4.69, 9.17) is 9.47 Å². The SMILES string of the molecule is CC1CC2(CCO1)CC(=O)C=CO2. The molecule has 3 nitrogen and oxygen atoms in total. The van der Waals surface area contributed by atoms with Gasteiger partial charge in [0.25, 0.3) is 0 Å². The van der Waals surface area contributed by atoms with E-state index in [1.54, 1.807) is 0 Å². The normalized spacial score (nSPS) is 39.2. The van der Waals surface area contributed by atoms with E-state index in [0.717, 1.165) is 12.8 Å². The Hall–Kier alpha value is -0.830. The van der Waals surface area contributed by atoms with Crippen LogP contribution in [0.15, 0.2) is 12.3 Å². The van der Waals surface area contributed by atoms with Crippen LogP contribution in [0.1, 0.15) is 26.2 Å². The third kappa shape index (κ3) is 1.75. The number of hydrogen-bond donors (Lipinski definition) is 0. The van der Waals surface area contributed by atoms with Crippen LogP contribution in [0.5, 0.6) is 0 Å². The minimum absolute atomic E-state index is 0.167. The lowest BCUT2D eigenvalue weighted by Gasteiger charge is -2.40. The fraction of sp³-hybridized carbons (Fsp3) is 0.700. The highest BCUT2D eigenvalue weighted by atomic mass is 16.5. The van der Waals surface area contributed by atoms with Gasteiger partial charge < -0.3 is 9.47 Å². The first-order chi connectivity index (χ1) is 6.20.